The highest BCUT2D eigenvalue weighted by molar-refractivity contribution is 6.31. The quantitative estimate of drug-likeness (QED) is 0.780. The first-order valence-corrected chi connectivity index (χ1v) is 5.08. The van der Waals surface area contributed by atoms with Gasteiger partial charge in [0, 0.05) is 11.1 Å². The van der Waals surface area contributed by atoms with Gasteiger partial charge < -0.3 is 5.73 Å². The fourth-order valence-corrected chi connectivity index (χ4v) is 1.83. The van der Waals surface area contributed by atoms with Crippen LogP contribution >= 0.6 is 24.0 Å². The molecule has 1 atom stereocenters. The maximum absolute atomic E-state index is 12.6. The van der Waals surface area contributed by atoms with E-state index in [0.29, 0.717) is 6.07 Å². The van der Waals surface area contributed by atoms with Crippen LogP contribution in [0.4, 0.5) is 26.3 Å². The second-order valence-corrected chi connectivity index (χ2v) is 4.03. The Bertz CT molecular complexity index is 429. The van der Waals surface area contributed by atoms with Gasteiger partial charge in [0.1, 0.15) is 0 Å². The third-order valence-electron chi connectivity index (χ3n) is 2.18. The minimum absolute atomic E-state index is 0. The van der Waals surface area contributed by atoms with Gasteiger partial charge in [-0.25, -0.2) is 0 Å². The molecule has 0 unspecified atom stereocenters. The normalized spacial score (nSPS) is 13.9. The lowest BCUT2D eigenvalue weighted by Crippen LogP contribution is -2.23. The topological polar surface area (TPSA) is 26.0 Å². The summed E-state index contributed by atoms with van der Waals surface area (Å²) in [6, 6.07) is 0.879. The molecule has 19 heavy (non-hydrogen) atoms. The van der Waals surface area contributed by atoms with E-state index in [4.69, 9.17) is 17.3 Å². The molecule has 0 aliphatic carbocycles. The van der Waals surface area contributed by atoms with Gasteiger partial charge in [0.2, 0.25) is 0 Å². The maximum Gasteiger partial charge on any atom is 0.416 e. The van der Waals surface area contributed by atoms with Gasteiger partial charge in [0.05, 0.1) is 12.0 Å². The van der Waals surface area contributed by atoms with E-state index in [0.717, 1.165) is 12.1 Å². The number of halogens is 8. The van der Waals surface area contributed by atoms with Crippen LogP contribution in [0.1, 0.15) is 23.6 Å². The Morgan fingerprint density at radius 1 is 1.11 bits per heavy atom. The number of hydrogen-bond donors (Lipinski definition) is 1. The molecule has 1 aromatic rings. The first-order chi connectivity index (χ1) is 8.02. The Kier molecular flexibility index (Phi) is 5.98. The Balaban J connectivity index is 0.00000324. The van der Waals surface area contributed by atoms with Crippen molar-refractivity contribution in [3.8, 4) is 0 Å². The van der Waals surface area contributed by atoms with Crippen molar-refractivity contribution in [3.63, 3.8) is 0 Å². The molecule has 0 aliphatic rings. The zero-order chi connectivity index (χ0) is 14.1. The van der Waals surface area contributed by atoms with Crippen molar-refractivity contribution in [2.45, 2.75) is 24.8 Å². The van der Waals surface area contributed by atoms with E-state index in [-0.39, 0.29) is 12.4 Å². The second-order valence-electron chi connectivity index (χ2n) is 3.62. The molecule has 0 amide bonds. The predicted octanol–water partition coefficient (Wildman–Crippen LogP) is 4.73. The molecule has 1 nitrogen and oxygen atoms in total. The van der Waals surface area contributed by atoms with Crippen LogP contribution in [0.2, 0.25) is 5.02 Å². The molecule has 9 heteroatoms. The zero-order valence-electron chi connectivity index (χ0n) is 9.15. The van der Waals surface area contributed by atoms with Gasteiger partial charge in [0.25, 0.3) is 0 Å². The van der Waals surface area contributed by atoms with Crippen molar-refractivity contribution in [1.82, 2.24) is 0 Å². The third kappa shape index (κ3) is 5.08. The van der Waals surface area contributed by atoms with Crippen molar-refractivity contribution in [2.24, 2.45) is 5.73 Å². The standard InChI is InChI=1S/C10H8ClF6N.ClH/c11-6-3-1-2-5(10(15,16)17)8(6)7(18)4-9(12,13)14;/h1-3,7H,4,18H2;1H/t7-;/m0./s1. The second kappa shape index (κ2) is 6.19. The van der Waals surface area contributed by atoms with Crippen LogP contribution in [-0.2, 0) is 6.18 Å². The number of alkyl halides is 6. The molecular formula is C10H9Cl2F6N. The predicted molar refractivity (Wildman–Crippen MR) is 61.3 cm³/mol. The number of hydrogen-bond acceptors (Lipinski definition) is 1. The summed E-state index contributed by atoms with van der Waals surface area (Å²) in [5, 5.41) is -0.429. The molecule has 2 N–H and O–H groups in total. The number of rotatable bonds is 2. The monoisotopic (exact) mass is 327 g/mol. The van der Waals surface area contributed by atoms with Gasteiger partial charge in [-0.15, -0.1) is 12.4 Å². The summed E-state index contributed by atoms with van der Waals surface area (Å²) in [5.41, 5.74) is 3.20. The number of nitrogens with two attached hydrogens (primary N) is 1. The van der Waals surface area contributed by atoms with Crippen LogP contribution in [0.15, 0.2) is 18.2 Å². The molecule has 0 spiro atoms. The molecule has 0 saturated carbocycles. The average Bonchev–Trinajstić information content (AvgIpc) is 2.12. The SMILES string of the molecule is Cl.N[C@@H](CC(F)(F)F)c1c(Cl)cccc1C(F)(F)F. The van der Waals surface area contributed by atoms with E-state index >= 15 is 0 Å². The first kappa shape index (κ1) is 18.3. The van der Waals surface area contributed by atoms with Gasteiger partial charge in [-0.1, -0.05) is 17.7 Å². The molecule has 110 valence electrons. The van der Waals surface area contributed by atoms with E-state index in [2.05, 4.69) is 0 Å². The Labute approximate surface area is 116 Å². The van der Waals surface area contributed by atoms with Crippen LogP contribution in [0.3, 0.4) is 0 Å². The summed E-state index contributed by atoms with van der Waals surface area (Å²) in [6.07, 6.45) is -11.0. The van der Waals surface area contributed by atoms with Crippen molar-refractivity contribution in [1.29, 1.82) is 0 Å². The summed E-state index contributed by atoms with van der Waals surface area (Å²) in [4.78, 5) is 0. The molecule has 0 bridgehead atoms. The van der Waals surface area contributed by atoms with Crippen molar-refractivity contribution in [2.75, 3.05) is 0 Å². The number of benzene rings is 1. The summed E-state index contributed by atoms with van der Waals surface area (Å²) < 4.78 is 74.3. The lowest BCUT2D eigenvalue weighted by atomic mass is 9.98. The third-order valence-corrected chi connectivity index (χ3v) is 2.51. The van der Waals surface area contributed by atoms with E-state index in [1.807, 2.05) is 0 Å². The van der Waals surface area contributed by atoms with Crippen molar-refractivity contribution >= 4 is 24.0 Å². The summed E-state index contributed by atoms with van der Waals surface area (Å²) in [7, 11) is 0. The maximum atomic E-state index is 12.6. The van der Waals surface area contributed by atoms with E-state index in [1.54, 1.807) is 0 Å². The summed E-state index contributed by atoms with van der Waals surface area (Å²) in [6.45, 7) is 0. The molecule has 1 rings (SSSR count). The van der Waals surface area contributed by atoms with Crippen LogP contribution in [-0.4, -0.2) is 6.18 Å². The van der Waals surface area contributed by atoms with Crippen molar-refractivity contribution < 1.29 is 26.3 Å². The fourth-order valence-electron chi connectivity index (χ4n) is 1.51. The highest BCUT2D eigenvalue weighted by Gasteiger charge is 2.39. The molecule has 0 aliphatic heterocycles. The zero-order valence-corrected chi connectivity index (χ0v) is 10.7. The molecule has 0 saturated heterocycles. The molecule has 1 aromatic carbocycles. The molecular weight excluding hydrogens is 319 g/mol. The van der Waals surface area contributed by atoms with Crippen LogP contribution in [0, 0.1) is 0 Å². The smallest absolute Gasteiger partial charge is 0.324 e. The minimum Gasteiger partial charge on any atom is -0.324 e. The lowest BCUT2D eigenvalue weighted by Gasteiger charge is -2.20. The Morgan fingerprint density at radius 2 is 1.63 bits per heavy atom. The highest BCUT2D eigenvalue weighted by Crippen LogP contribution is 2.40. The summed E-state index contributed by atoms with van der Waals surface area (Å²) in [5.74, 6) is 0. The van der Waals surface area contributed by atoms with Crippen LogP contribution in [0.5, 0.6) is 0 Å². The lowest BCUT2D eigenvalue weighted by molar-refractivity contribution is -0.144. The molecule has 0 aromatic heterocycles. The first-order valence-electron chi connectivity index (χ1n) is 4.70. The Hall–Kier alpha value is -0.660. The largest absolute Gasteiger partial charge is 0.416 e. The van der Waals surface area contributed by atoms with Gasteiger partial charge in [-0.3, -0.25) is 0 Å². The van der Waals surface area contributed by atoms with Crippen LogP contribution < -0.4 is 5.73 Å². The molecule has 0 fully saturated rings. The summed E-state index contributed by atoms with van der Waals surface area (Å²) >= 11 is 5.51. The van der Waals surface area contributed by atoms with Gasteiger partial charge in [0.15, 0.2) is 0 Å². The van der Waals surface area contributed by atoms with E-state index in [1.165, 1.54) is 0 Å². The Morgan fingerprint density at radius 3 is 2.05 bits per heavy atom. The highest BCUT2D eigenvalue weighted by atomic mass is 35.5. The average molecular weight is 328 g/mol. The van der Waals surface area contributed by atoms with E-state index < -0.39 is 41.0 Å². The molecule has 0 radical (unpaired) electrons. The van der Waals surface area contributed by atoms with Crippen LogP contribution in [0.25, 0.3) is 0 Å². The molecule has 0 heterocycles. The van der Waals surface area contributed by atoms with Gasteiger partial charge in [-0.05, 0) is 17.7 Å². The van der Waals surface area contributed by atoms with Gasteiger partial charge >= 0.3 is 12.4 Å². The van der Waals surface area contributed by atoms with E-state index in [9.17, 15) is 26.3 Å². The van der Waals surface area contributed by atoms with Crippen molar-refractivity contribution in [3.05, 3.63) is 34.3 Å². The minimum atomic E-state index is -4.80. The fraction of sp³-hybridized carbons (Fsp3) is 0.400. The van der Waals surface area contributed by atoms with Gasteiger partial charge in [-0.2, -0.15) is 26.3 Å².